The Balaban J connectivity index is 1.93. The Hall–Kier alpha value is -1.80. The van der Waals surface area contributed by atoms with Crippen molar-refractivity contribution in [3.05, 3.63) is 64.7 Å². The van der Waals surface area contributed by atoms with Crippen molar-refractivity contribution in [2.75, 3.05) is 6.61 Å². The molecule has 0 aliphatic heterocycles. The maximum atomic E-state index is 12.0. The molecule has 0 fully saturated rings. The van der Waals surface area contributed by atoms with Crippen molar-refractivity contribution in [3.63, 3.8) is 0 Å². The monoisotopic (exact) mass is 302 g/mol. The molecule has 0 spiro atoms. The summed E-state index contributed by atoms with van der Waals surface area (Å²) >= 11 is 5.80. The summed E-state index contributed by atoms with van der Waals surface area (Å²) in [5.41, 5.74) is 1.89. The summed E-state index contributed by atoms with van der Waals surface area (Å²) in [6.45, 7) is 4.39. The third kappa shape index (κ3) is 4.33. The van der Waals surface area contributed by atoms with Crippen molar-refractivity contribution >= 4 is 17.4 Å². The van der Waals surface area contributed by atoms with E-state index >= 15 is 0 Å². The molecule has 2 rings (SSSR count). The number of benzene rings is 2. The second-order valence-electron chi connectivity index (χ2n) is 5.10. The molecule has 0 aliphatic rings. The van der Waals surface area contributed by atoms with Crippen LogP contribution in [0.25, 0.3) is 0 Å². The molecule has 1 atom stereocenters. The zero-order valence-corrected chi connectivity index (χ0v) is 13.1. The van der Waals surface area contributed by atoms with Gasteiger partial charge in [-0.1, -0.05) is 37.6 Å². The summed E-state index contributed by atoms with van der Waals surface area (Å²) in [7, 11) is 0. The fourth-order valence-corrected chi connectivity index (χ4v) is 2.12. The van der Waals surface area contributed by atoms with Gasteiger partial charge in [0.1, 0.15) is 5.75 Å². The van der Waals surface area contributed by atoms with E-state index in [4.69, 9.17) is 16.3 Å². The lowest BCUT2D eigenvalue weighted by molar-refractivity contribution is 0.0921. The van der Waals surface area contributed by atoms with Crippen LogP contribution in [0.2, 0.25) is 5.02 Å². The molecule has 0 heterocycles. The van der Waals surface area contributed by atoms with Gasteiger partial charge < -0.3 is 4.74 Å². The van der Waals surface area contributed by atoms with Crippen LogP contribution < -0.4 is 4.74 Å². The van der Waals surface area contributed by atoms with E-state index in [-0.39, 0.29) is 12.4 Å². The summed E-state index contributed by atoms with van der Waals surface area (Å²) in [5.74, 6) is 1.19. The third-order valence-corrected chi connectivity index (χ3v) is 3.85. The van der Waals surface area contributed by atoms with Gasteiger partial charge in [-0.05, 0) is 54.3 Å². The van der Waals surface area contributed by atoms with Gasteiger partial charge in [-0.2, -0.15) is 0 Å². The van der Waals surface area contributed by atoms with Gasteiger partial charge in [-0.3, -0.25) is 4.79 Å². The van der Waals surface area contributed by atoms with Crippen LogP contribution in [0.5, 0.6) is 5.75 Å². The topological polar surface area (TPSA) is 26.3 Å². The van der Waals surface area contributed by atoms with Gasteiger partial charge in [0.25, 0.3) is 0 Å². The highest BCUT2D eigenvalue weighted by molar-refractivity contribution is 6.30. The normalized spacial score (nSPS) is 12.0. The van der Waals surface area contributed by atoms with E-state index in [0.29, 0.717) is 22.3 Å². The highest BCUT2D eigenvalue weighted by atomic mass is 35.5. The van der Waals surface area contributed by atoms with Crippen LogP contribution >= 0.6 is 11.6 Å². The molecule has 2 nitrogen and oxygen atoms in total. The van der Waals surface area contributed by atoms with Gasteiger partial charge in [0.05, 0.1) is 0 Å². The number of ketones is 1. The molecule has 0 N–H and O–H groups in total. The first-order chi connectivity index (χ1) is 10.1. The molecule has 2 aromatic rings. The summed E-state index contributed by atoms with van der Waals surface area (Å²) in [5, 5.41) is 0.619. The van der Waals surface area contributed by atoms with Crippen molar-refractivity contribution in [3.8, 4) is 5.75 Å². The van der Waals surface area contributed by atoms with Crippen LogP contribution in [0.1, 0.15) is 42.1 Å². The zero-order valence-electron chi connectivity index (χ0n) is 12.3. The second kappa shape index (κ2) is 7.28. The number of hydrogen-bond donors (Lipinski definition) is 0. The predicted molar refractivity (Wildman–Crippen MR) is 86.4 cm³/mol. The molecule has 1 unspecified atom stereocenters. The van der Waals surface area contributed by atoms with Crippen LogP contribution in [0, 0.1) is 0 Å². The van der Waals surface area contributed by atoms with Crippen molar-refractivity contribution in [1.82, 2.24) is 0 Å². The maximum absolute atomic E-state index is 12.0. The lowest BCUT2D eigenvalue weighted by atomic mass is 9.99. The van der Waals surface area contributed by atoms with Crippen molar-refractivity contribution in [2.24, 2.45) is 0 Å². The van der Waals surface area contributed by atoms with Gasteiger partial charge in [0.2, 0.25) is 0 Å². The van der Waals surface area contributed by atoms with E-state index in [0.717, 1.165) is 6.42 Å². The van der Waals surface area contributed by atoms with Crippen LogP contribution in [0.4, 0.5) is 0 Å². The molecular formula is C18H19ClO2. The van der Waals surface area contributed by atoms with E-state index in [1.54, 1.807) is 24.3 Å². The minimum atomic E-state index is -0.0577. The summed E-state index contributed by atoms with van der Waals surface area (Å²) in [4.78, 5) is 12.0. The fourth-order valence-electron chi connectivity index (χ4n) is 2.00. The number of rotatable bonds is 6. The minimum absolute atomic E-state index is 0.0321. The lowest BCUT2D eigenvalue weighted by Crippen LogP contribution is -2.11. The van der Waals surface area contributed by atoms with E-state index in [2.05, 4.69) is 26.0 Å². The molecule has 110 valence electrons. The SMILES string of the molecule is CCC(C)c1ccc(OCC(=O)c2ccc(Cl)cc2)cc1. The predicted octanol–water partition coefficient (Wildman–Crippen LogP) is 5.12. The summed E-state index contributed by atoms with van der Waals surface area (Å²) in [6.07, 6.45) is 1.11. The van der Waals surface area contributed by atoms with Crippen LogP contribution in [0.3, 0.4) is 0 Å². The number of hydrogen-bond acceptors (Lipinski definition) is 2. The standard InChI is InChI=1S/C18H19ClO2/c1-3-13(2)14-6-10-17(11-7-14)21-12-18(20)15-4-8-16(19)9-5-15/h4-11,13H,3,12H2,1-2H3. The first-order valence-corrected chi connectivity index (χ1v) is 7.49. The molecular weight excluding hydrogens is 284 g/mol. The molecule has 0 radical (unpaired) electrons. The van der Waals surface area contributed by atoms with E-state index in [9.17, 15) is 4.79 Å². The minimum Gasteiger partial charge on any atom is -0.485 e. The third-order valence-electron chi connectivity index (χ3n) is 3.60. The quantitative estimate of drug-likeness (QED) is 0.693. The Labute approximate surface area is 130 Å². The summed E-state index contributed by atoms with van der Waals surface area (Å²) < 4.78 is 5.54. The second-order valence-corrected chi connectivity index (χ2v) is 5.53. The summed E-state index contributed by atoms with van der Waals surface area (Å²) in [6, 6.07) is 14.8. The smallest absolute Gasteiger partial charge is 0.200 e. The lowest BCUT2D eigenvalue weighted by Gasteiger charge is -2.10. The van der Waals surface area contributed by atoms with Crippen molar-refractivity contribution in [1.29, 1.82) is 0 Å². The number of Topliss-reactive ketones (excluding diaryl/α,β-unsaturated/α-hetero) is 1. The molecule has 0 amide bonds. The van der Waals surface area contributed by atoms with Crippen molar-refractivity contribution < 1.29 is 9.53 Å². The number of carbonyl (C=O) groups is 1. The molecule has 0 bridgehead atoms. The number of halogens is 1. The molecule has 21 heavy (non-hydrogen) atoms. The highest BCUT2D eigenvalue weighted by Crippen LogP contribution is 2.21. The fraction of sp³-hybridized carbons (Fsp3) is 0.278. The Morgan fingerprint density at radius 2 is 1.71 bits per heavy atom. The van der Waals surface area contributed by atoms with Gasteiger partial charge >= 0.3 is 0 Å². The zero-order chi connectivity index (χ0) is 15.2. The Bertz CT molecular complexity index is 588. The molecule has 0 aliphatic carbocycles. The molecule has 2 aromatic carbocycles. The van der Waals surface area contributed by atoms with E-state index in [1.165, 1.54) is 5.56 Å². The molecule has 0 saturated heterocycles. The van der Waals surface area contributed by atoms with Crippen LogP contribution in [0.15, 0.2) is 48.5 Å². The van der Waals surface area contributed by atoms with Gasteiger partial charge in [0, 0.05) is 10.6 Å². The first kappa shape index (κ1) is 15.6. The Kier molecular flexibility index (Phi) is 5.40. The van der Waals surface area contributed by atoms with Crippen LogP contribution in [-0.2, 0) is 0 Å². The number of carbonyl (C=O) groups excluding carboxylic acids is 1. The molecule has 3 heteroatoms. The molecule has 0 aromatic heterocycles. The van der Waals surface area contributed by atoms with Gasteiger partial charge in [-0.25, -0.2) is 0 Å². The Morgan fingerprint density at radius 1 is 1.10 bits per heavy atom. The largest absolute Gasteiger partial charge is 0.485 e. The first-order valence-electron chi connectivity index (χ1n) is 7.11. The average Bonchev–Trinajstić information content (AvgIpc) is 2.53. The maximum Gasteiger partial charge on any atom is 0.200 e. The number of ether oxygens (including phenoxy) is 1. The van der Waals surface area contributed by atoms with Crippen LogP contribution in [-0.4, -0.2) is 12.4 Å². The Morgan fingerprint density at radius 3 is 2.29 bits per heavy atom. The van der Waals surface area contributed by atoms with Gasteiger partial charge in [-0.15, -0.1) is 0 Å². The van der Waals surface area contributed by atoms with E-state index in [1.807, 2.05) is 12.1 Å². The highest BCUT2D eigenvalue weighted by Gasteiger charge is 2.07. The van der Waals surface area contributed by atoms with Gasteiger partial charge in [0.15, 0.2) is 12.4 Å². The van der Waals surface area contributed by atoms with E-state index < -0.39 is 0 Å². The van der Waals surface area contributed by atoms with Crippen molar-refractivity contribution in [2.45, 2.75) is 26.2 Å². The average molecular weight is 303 g/mol. The molecule has 0 saturated carbocycles.